The molecule has 5 rings (SSSR count). The molecule has 4 fully saturated rings. The van der Waals surface area contributed by atoms with Gasteiger partial charge in [-0.1, -0.05) is 6.07 Å². The number of fused-ring (bicyclic) bond motifs is 3. The second-order valence-corrected chi connectivity index (χ2v) is 8.04. The Kier molecular flexibility index (Phi) is 4.37. The predicted octanol–water partition coefficient (Wildman–Crippen LogP) is 4.68. The number of nitrogens with one attached hydrogen (secondary N) is 1. The minimum absolute atomic E-state index is 0.359. The predicted molar refractivity (Wildman–Crippen MR) is 97.4 cm³/mol. The van der Waals surface area contributed by atoms with Crippen molar-refractivity contribution < 1.29 is 4.74 Å². The molecule has 1 N–H and O–H groups in total. The fourth-order valence-corrected chi connectivity index (χ4v) is 4.41. The van der Waals surface area contributed by atoms with E-state index >= 15 is 0 Å². The molecule has 1 unspecified atom stereocenters. The highest BCUT2D eigenvalue weighted by Gasteiger charge is 2.36. The van der Waals surface area contributed by atoms with Crippen LogP contribution in [0.25, 0.3) is 0 Å². The van der Waals surface area contributed by atoms with Crippen LogP contribution in [0.1, 0.15) is 37.7 Å². The Hall–Kier alpha value is -1.00. The van der Waals surface area contributed by atoms with E-state index in [9.17, 15) is 0 Å². The molecule has 23 heavy (non-hydrogen) atoms. The van der Waals surface area contributed by atoms with Crippen LogP contribution in [-0.4, -0.2) is 30.6 Å². The number of benzene rings is 1. The van der Waals surface area contributed by atoms with Gasteiger partial charge < -0.3 is 10.1 Å². The lowest BCUT2D eigenvalue weighted by molar-refractivity contribution is -0.0417. The van der Waals surface area contributed by atoms with E-state index in [4.69, 9.17) is 4.74 Å². The second-order valence-electron chi connectivity index (χ2n) is 7.19. The Bertz CT molecular complexity index is 614. The number of allylic oxidation sites excluding steroid dienone is 1. The Morgan fingerprint density at radius 1 is 1.26 bits per heavy atom. The first-order valence-electron chi connectivity index (χ1n) is 8.83. The molecule has 1 saturated carbocycles. The molecule has 2 bridgehead atoms. The van der Waals surface area contributed by atoms with Gasteiger partial charge in [0.15, 0.2) is 5.88 Å². The van der Waals surface area contributed by atoms with Crippen LogP contribution in [0.5, 0.6) is 0 Å². The standard InChI is InChI=1S/C19H25BrN2O/c1-13-5-6-17(16(20)11-13)21-19(15-3-2-4-15)23-18-12-22-9-7-14(18)8-10-22/h5-6,11,14,18,21H,2-4,7-10,12H2,1H3. The number of nitrogens with zero attached hydrogens (tertiary/aromatic N) is 1. The van der Waals surface area contributed by atoms with Crippen molar-refractivity contribution in [1.82, 2.24) is 4.90 Å². The van der Waals surface area contributed by atoms with Crippen LogP contribution < -0.4 is 5.32 Å². The van der Waals surface area contributed by atoms with Gasteiger partial charge in [0.1, 0.15) is 6.10 Å². The monoisotopic (exact) mass is 376 g/mol. The van der Waals surface area contributed by atoms with E-state index in [2.05, 4.69) is 51.3 Å². The van der Waals surface area contributed by atoms with E-state index in [1.165, 1.54) is 56.3 Å². The van der Waals surface area contributed by atoms with Gasteiger partial charge in [0, 0.05) is 11.0 Å². The normalized spacial score (nSPS) is 29.1. The van der Waals surface area contributed by atoms with Crippen LogP contribution in [0.4, 0.5) is 5.69 Å². The number of anilines is 1. The third-order valence-electron chi connectivity index (χ3n) is 5.52. The van der Waals surface area contributed by atoms with Gasteiger partial charge >= 0.3 is 0 Å². The van der Waals surface area contributed by atoms with Crippen molar-refractivity contribution >= 4 is 21.6 Å². The maximum atomic E-state index is 6.52. The number of rotatable bonds is 4. The number of hydrogen-bond acceptors (Lipinski definition) is 3. The highest BCUT2D eigenvalue weighted by atomic mass is 79.9. The molecule has 3 nitrogen and oxygen atoms in total. The van der Waals surface area contributed by atoms with Gasteiger partial charge in [0.05, 0.1) is 5.69 Å². The first-order valence-corrected chi connectivity index (χ1v) is 9.62. The van der Waals surface area contributed by atoms with Crippen LogP contribution >= 0.6 is 15.9 Å². The number of aryl methyl sites for hydroxylation is 1. The van der Waals surface area contributed by atoms with Crippen LogP contribution in [0, 0.1) is 12.8 Å². The average molecular weight is 377 g/mol. The third-order valence-corrected chi connectivity index (χ3v) is 6.17. The summed E-state index contributed by atoms with van der Waals surface area (Å²) in [6.07, 6.45) is 6.58. The first kappa shape index (κ1) is 15.5. The highest BCUT2D eigenvalue weighted by molar-refractivity contribution is 9.10. The molecule has 1 aromatic carbocycles. The summed E-state index contributed by atoms with van der Waals surface area (Å²) < 4.78 is 7.63. The lowest BCUT2D eigenvalue weighted by atomic mass is 9.85. The van der Waals surface area contributed by atoms with Gasteiger partial charge in [-0.25, -0.2) is 0 Å². The Balaban J connectivity index is 1.52. The summed E-state index contributed by atoms with van der Waals surface area (Å²) in [4.78, 5) is 2.55. The molecule has 3 heterocycles. The average Bonchev–Trinajstić information content (AvgIpc) is 2.49. The molecule has 1 aromatic rings. The van der Waals surface area contributed by atoms with Gasteiger partial charge in [0.2, 0.25) is 0 Å². The topological polar surface area (TPSA) is 24.5 Å². The quantitative estimate of drug-likeness (QED) is 0.772. The lowest BCUT2D eigenvalue weighted by Crippen LogP contribution is -2.51. The van der Waals surface area contributed by atoms with Crippen molar-refractivity contribution in [3.8, 4) is 0 Å². The van der Waals surface area contributed by atoms with E-state index in [0.717, 1.165) is 28.5 Å². The molecular weight excluding hydrogens is 352 g/mol. The van der Waals surface area contributed by atoms with E-state index in [0.29, 0.717) is 6.10 Å². The van der Waals surface area contributed by atoms with Crippen LogP contribution in [0.2, 0.25) is 0 Å². The smallest absolute Gasteiger partial charge is 0.190 e. The highest BCUT2D eigenvalue weighted by Crippen LogP contribution is 2.36. The number of halogens is 1. The van der Waals surface area contributed by atoms with E-state index in [1.807, 2.05) is 0 Å². The molecule has 1 aliphatic carbocycles. The number of hydrogen-bond donors (Lipinski definition) is 1. The third kappa shape index (κ3) is 3.29. The first-order chi connectivity index (χ1) is 11.2. The zero-order valence-electron chi connectivity index (χ0n) is 13.8. The van der Waals surface area contributed by atoms with Gasteiger partial charge in [-0.05, 0) is 97.2 Å². The Morgan fingerprint density at radius 3 is 2.61 bits per heavy atom. The summed E-state index contributed by atoms with van der Waals surface area (Å²) in [7, 11) is 0. The molecule has 1 atom stereocenters. The fraction of sp³-hybridized carbons (Fsp3) is 0.579. The maximum Gasteiger partial charge on any atom is 0.190 e. The van der Waals surface area contributed by atoms with Crippen molar-refractivity contribution in [2.75, 3.05) is 25.0 Å². The maximum absolute atomic E-state index is 6.52. The van der Waals surface area contributed by atoms with E-state index in [-0.39, 0.29) is 0 Å². The van der Waals surface area contributed by atoms with E-state index in [1.54, 1.807) is 0 Å². The summed E-state index contributed by atoms with van der Waals surface area (Å²) in [6.45, 7) is 5.72. The van der Waals surface area contributed by atoms with Crippen LogP contribution in [-0.2, 0) is 4.74 Å². The van der Waals surface area contributed by atoms with Crippen molar-refractivity contribution in [3.63, 3.8) is 0 Å². The van der Waals surface area contributed by atoms with Crippen molar-refractivity contribution in [2.24, 2.45) is 5.92 Å². The van der Waals surface area contributed by atoms with Gasteiger partial charge in [-0.2, -0.15) is 0 Å². The molecule has 3 aliphatic heterocycles. The summed E-state index contributed by atoms with van der Waals surface area (Å²) in [5, 5.41) is 3.58. The van der Waals surface area contributed by atoms with Crippen molar-refractivity contribution in [1.29, 1.82) is 0 Å². The Labute approximate surface area is 147 Å². The Morgan fingerprint density at radius 2 is 2.04 bits per heavy atom. The van der Waals surface area contributed by atoms with Gasteiger partial charge in [-0.3, -0.25) is 4.90 Å². The largest absolute Gasteiger partial charge is 0.474 e. The van der Waals surface area contributed by atoms with Gasteiger partial charge in [0.25, 0.3) is 0 Å². The van der Waals surface area contributed by atoms with Gasteiger partial charge in [-0.15, -0.1) is 0 Å². The molecule has 3 saturated heterocycles. The molecule has 4 heteroatoms. The molecule has 0 aromatic heterocycles. The SMILES string of the molecule is Cc1ccc(NC(OC2CN3CCC2CC3)=C2CCC2)c(Br)c1. The van der Waals surface area contributed by atoms with Crippen LogP contribution in [0.15, 0.2) is 34.1 Å². The molecule has 124 valence electrons. The van der Waals surface area contributed by atoms with Crippen molar-refractivity contribution in [3.05, 3.63) is 39.7 Å². The number of ether oxygens (including phenoxy) is 1. The van der Waals surface area contributed by atoms with Crippen molar-refractivity contribution in [2.45, 2.75) is 45.1 Å². The molecule has 4 aliphatic rings. The summed E-state index contributed by atoms with van der Waals surface area (Å²) in [6, 6.07) is 6.43. The summed E-state index contributed by atoms with van der Waals surface area (Å²) in [5.41, 5.74) is 3.82. The van der Waals surface area contributed by atoms with E-state index < -0.39 is 0 Å². The molecule has 0 radical (unpaired) electrons. The minimum Gasteiger partial charge on any atom is -0.474 e. The molecule has 0 spiro atoms. The summed E-state index contributed by atoms with van der Waals surface area (Å²) >= 11 is 3.67. The number of piperidine rings is 3. The fourth-order valence-electron chi connectivity index (χ4n) is 3.82. The molecule has 0 amide bonds. The summed E-state index contributed by atoms with van der Waals surface area (Å²) in [5.74, 6) is 1.76. The zero-order valence-corrected chi connectivity index (χ0v) is 15.4. The second kappa shape index (κ2) is 6.48. The molecular formula is C19H25BrN2O. The van der Waals surface area contributed by atoms with Crippen LogP contribution in [0.3, 0.4) is 0 Å². The lowest BCUT2D eigenvalue weighted by Gasteiger charge is -2.45. The minimum atomic E-state index is 0.359. The zero-order chi connectivity index (χ0) is 15.8.